The molecule has 0 spiro atoms. The summed E-state index contributed by atoms with van der Waals surface area (Å²) in [4.78, 5) is 0. The topological polar surface area (TPSA) is 44.5 Å². The molecule has 70 valence electrons. The average molecular weight is 171 g/mol. The van der Waals surface area contributed by atoms with Crippen molar-refractivity contribution in [3.8, 4) is 0 Å². The van der Waals surface area contributed by atoms with Crippen LogP contribution in [-0.2, 0) is 9.47 Å². The van der Waals surface area contributed by atoms with Crippen molar-refractivity contribution >= 4 is 0 Å². The van der Waals surface area contributed by atoms with Gasteiger partial charge < -0.3 is 15.2 Å². The van der Waals surface area contributed by atoms with E-state index in [1.807, 2.05) is 0 Å². The van der Waals surface area contributed by atoms with Crippen LogP contribution in [0.5, 0.6) is 0 Å². The Morgan fingerprint density at radius 2 is 2.17 bits per heavy atom. The van der Waals surface area contributed by atoms with Crippen LogP contribution in [0.3, 0.4) is 0 Å². The summed E-state index contributed by atoms with van der Waals surface area (Å²) in [5.41, 5.74) is 5.88. The van der Waals surface area contributed by atoms with E-state index in [1.54, 1.807) is 0 Å². The van der Waals surface area contributed by atoms with Crippen LogP contribution in [0.1, 0.15) is 19.3 Å². The Morgan fingerprint density at radius 1 is 1.33 bits per heavy atom. The van der Waals surface area contributed by atoms with Gasteiger partial charge in [-0.2, -0.15) is 0 Å². The van der Waals surface area contributed by atoms with Gasteiger partial charge in [0, 0.05) is 19.3 Å². The fourth-order valence-corrected chi connectivity index (χ4v) is 1.44. The Bertz CT molecular complexity index is 147. The summed E-state index contributed by atoms with van der Waals surface area (Å²) in [6, 6.07) is 0.192. The van der Waals surface area contributed by atoms with E-state index in [9.17, 15) is 0 Å². The lowest BCUT2D eigenvalue weighted by Gasteiger charge is -2.28. The van der Waals surface area contributed by atoms with E-state index in [0.717, 1.165) is 25.6 Å². The number of hydrogen-bond acceptors (Lipinski definition) is 3. The molecule has 1 saturated heterocycles. The van der Waals surface area contributed by atoms with Crippen molar-refractivity contribution in [1.82, 2.24) is 0 Å². The molecule has 3 heteroatoms. The van der Waals surface area contributed by atoms with Gasteiger partial charge in [0.1, 0.15) is 0 Å². The molecule has 0 aromatic heterocycles. The second-order valence-corrected chi connectivity index (χ2v) is 3.84. The largest absolute Gasteiger partial charge is 0.379 e. The molecule has 1 heterocycles. The van der Waals surface area contributed by atoms with E-state index in [2.05, 4.69) is 0 Å². The summed E-state index contributed by atoms with van der Waals surface area (Å²) >= 11 is 0. The van der Waals surface area contributed by atoms with Gasteiger partial charge in [-0.15, -0.1) is 0 Å². The van der Waals surface area contributed by atoms with E-state index < -0.39 is 0 Å². The van der Waals surface area contributed by atoms with Crippen molar-refractivity contribution in [1.29, 1.82) is 0 Å². The zero-order valence-corrected chi connectivity index (χ0v) is 7.37. The Hall–Kier alpha value is -0.120. The lowest BCUT2D eigenvalue weighted by molar-refractivity contribution is -0.0639. The van der Waals surface area contributed by atoms with Crippen LogP contribution in [0.25, 0.3) is 0 Å². The molecule has 12 heavy (non-hydrogen) atoms. The van der Waals surface area contributed by atoms with Crippen molar-refractivity contribution in [3.63, 3.8) is 0 Å². The van der Waals surface area contributed by atoms with E-state index in [4.69, 9.17) is 15.2 Å². The quantitative estimate of drug-likeness (QED) is 0.673. The lowest BCUT2D eigenvalue weighted by Crippen LogP contribution is -2.44. The smallest absolute Gasteiger partial charge is 0.0959 e. The molecular weight excluding hydrogens is 154 g/mol. The molecular formula is C9H17NO2. The molecule has 2 atom stereocenters. The predicted octanol–water partition coefficient (Wildman–Crippen LogP) is 0.529. The third kappa shape index (κ3) is 2.19. The first kappa shape index (κ1) is 8.48. The molecule has 1 saturated carbocycles. The number of ether oxygens (including phenoxy) is 2. The first-order chi connectivity index (χ1) is 5.86. The molecule has 0 bridgehead atoms. The van der Waals surface area contributed by atoms with Gasteiger partial charge in [-0.3, -0.25) is 0 Å². The third-order valence-corrected chi connectivity index (χ3v) is 2.60. The Balaban J connectivity index is 1.68. The van der Waals surface area contributed by atoms with Crippen molar-refractivity contribution in [2.24, 2.45) is 11.7 Å². The molecule has 2 fully saturated rings. The minimum absolute atomic E-state index is 0.152. The van der Waals surface area contributed by atoms with Crippen LogP contribution in [0.15, 0.2) is 0 Å². The third-order valence-electron chi connectivity index (χ3n) is 2.60. The van der Waals surface area contributed by atoms with E-state index in [1.165, 1.54) is 12.8 Å². The average Bonchev–Trinajstić information content (AvgIpc) is 2.86. The first-order valence-electron chi connectivity index (χ1n) is 4.81. The maximum absolute atomic E-state index is 5.88. The molecule has 0 aromatic carbocycles. The molecule has 1 aliphatic heterocycles. The van der Waals surface area contributed by atoms with Crippen LogP contribution in [0.4, 0.5) is 0 Å². The first-order valence-corrected chi connectivity index (χ1v) is 4.81. The van der Waals surface area contributed by atoms with Gasteiger partial charge in [-0.05, 0) is 25.2 Å². The van der Waals surface area contributed by atoms with Gasteiger partial charge in [0.2, 0.25) is 0 Å². The van der Waals surface area contributed by atoms with Crippen LogP contribution >= 0.6 is 0 Å². The number of rotatable bonds is 3. The molecule has 2 rings (SSSR count). The second kappa shape index (κ2) is 3.73. The van der Waals surface area contributed by atoms with Crippen molar-refractivity contribution in [2.75, 3.05) is 19.8 Å². The maximum Gasteiger partial charge on any atom is 0.0959 e. The molecule has 1 aliphatic carbocycles. The van der Waals surface area contributed by atoms with Gasteiger partial charge in [0.15, 0.2) is 0 Å². The molecule has 3 nitrogen and oxygen atoms in total. The van der Waals surface area contributed by atoms with E-state index >= 15 is 0 Å². The van der Waals surface area contributed by atoms with E-state index in [-0.39, 0.29) is 12.1 Å². The molecule has 0 aromatic rings. The van der Waals surface area contributed by atoms with Crippen LogP contribution < -0.4 is 5.73 Å². The zero-order valence-electron chi connectivity index (χ0n) is 7.37. The zero-order chi connectivity index (χ0) is 8.39. The van der Waals surface area contributed by atoms with Crippen molar-refractivity contribution < 1.29 is 9.47 Å². The fourth-order valence-electron chi connectivity index (χ4n) is 1.44. The Kier molecular flexibility index (Phi) is 2.63. The molecule has 2 aliphatic rings. The van der Waals surface area contributed by atoms with Crippen LogP contribution in [0.2, 0.25) is 0 Å². The van der Waals surface area contributed by atoms with Crippen molar-refractivity contribution in [3.05, 3.63) is 0 Å². The number of nitrogens with two attached hydrogens (primary N) is 1. The van der Waals surface area contributed by atoms with Crippen molar-refractivity contribution in [2.45, 2.75) is 31.4 Å². The standard InChI is InChI=1S/C9H17NO2/c10-8-3-4-11-6-9(8)12-5-7-1-2-7/h7-9H,1-6,10H2/t8-,9-/m1/s1. The van der Waals surface area contributed by atoms with Gasteiger partial charge in [0.25, 0.3) is 0 Å². The highest BCUT2D eigenvalue weighted by Gasteiger charge is 2.27. The second-order valence-electron chi connectivity index (χ2n) is 3.84. The minimum atomic E-state index is 0.152. The van der Waals surface area contributed by atoms with Crippen LogP contribution in [-0.4, -0.2) is 32.0 Å². The van der Waals surface area contributed by atoms with E-state index in [0.29, 0.717) is 6.61 Å². The van der Waals surface area contributed by atoms with Gasteiger partial charge in [-0.25, -0.2) is 0 Å². The predicted molar refractivity (Wildman–Crippen MR) is 45.9 cm³/mol. The summed E-state index contributed by atoms with van der Waals surface area (Å²) in [5, 5.41) is 0. The molecule has 0 unspecified atom stereocenters. The Morgan fingerprint density at radius 3 is 2.83 bits per heavy atom. The van der Waals surface area contributed by atoms with Crippen LogP contribution in [0, 0.1) is 5.92 Å². The van der Waals surface area contributed by atoms with Gasteiger partial charge in [-0.1, -0.05) is 0 Å². The summed E-state index contributed by atoms with van der Waals surface area (Å²) in [7, 11) is 0. The maximum atomic E-state index is 5.88. The summed E-state index contributed by atoms with van der Waals surface area (Å²) in [6.45, 7) is 2.38. The normalized spacial score (nSPS) is 36.8. The van der Waals surface area contributed by atoms with Gasteiger partial charge >= 0.3 is 0 Å². The highest BCUT2D eigenvalue weighted by molar-refractivity contribution is 4.79. The summed E-state index contributed by atoms with van der Waals surface area (Å²) in [5.74, 6) is 0.819. The van der Waals surface area contributed by atoms with Gasteiger partial charge in [0.05, 0.1) is 12.7 Å². The Labute approximate surface area is 73.2 Å². The highest BCUT2D eigenvalue weighted by atomic mass is 16.5. The fraction of sp³-hybridized carbons (Fsp3) is 1.00. The molecule has 0 amide bonds. The highest BCUT2D eigenvalue weighted by Crippen LogP contribution is 2.29. The SMILES string of the molecule is N[C@@H]1CCOC[C@H]1OCC1CC1. The monoisotopic (exact) mass is 171 g/mol. The summed E-state index contributed by atoms with van der Waals surface area (Å²) < 4.78 is 11.0. The molecule has 0 radical (unpaired) electrons. The molecule has 2 N–H and O–H groups in total. The minimum Gasteiger partial charge on any atom is -0.379 e. The lowest BCUT2D eigenvalue weighted by atomic mass is 10.1. The summed E-state index contributed by atoms with van der Waals surface area (Å²) in [6.07, 6.45) is 3.76. The number of hydrogen-bond donors (Lipinski definition) is 1.